The van der Waals surface area contributed by atoms with Crippen LogP contribution in [0.3, 0.4) is 0 Å². The molecule has 0 bridgehead atoms. The Morgan fingerprint density at radius 1 is 0.473 bits per heavy atom. The lowest BCUT2D eigenvalue weighted by Gasteiger charge is -2.30. The summed E-state index contributed by atoms with van der Waals surface area (Å²) in [5, 5.41) is 48.9. The first-order valence-corrected chi connectivity index (χ1v) is 29.4. The number of aryl methyl sites for hydroxylation is 4. The summed E-state index contributed by atoms with van der Waals surface area (Å²) < 4.78 is 25.5. The van der Waals surface area contributed by atoms with Crippen molar-refractivity contribution in [2.45, 2.75) is 172 Å². The van der Waals surface area contributed by atoms with Gasteiger partial charge in [-0.3, -0.25) is 38.4 Å². The molecule has 0 saturated carbocycles. The molecule has 0 aliphatic carbocycles. The fraction of sp³-hybridized carbons (Fsp3) is 0.508. The number of benzene rings is 3. The molecule has 0 fully saturated rings. The Balaban J connectivity index is 0.000000293. The minimum Gasteiger partial charge on any atom is -0.476 e. The van der Waals surface area contributed by atoms with Gasteiger partial charge in [-0.1, -0.05) is 34.6 Å². The van der Waals surface area contributed by atoms with Crippen molar-refractivity contribution in [1.29, 1.82) is 0 Å². The number of carboxylic acids is 2. The van der Waals surface area contributed by atoms with Crippen LogP contribution in [0, 0.1) is 39.5 Å². The monoisotopic (exact) mass is 1270 g/mol. The van der Waals surface area contributed by atoms with Crippen molar-refractivity contribution in [3.8, 4) is 0 Å². The topological polar surface area (TPSA) is 395 Å². The quantitative estimate of drug-likeness (QED) is 0.0362. The zero-order valence-electron chi connectivity index (χ0n) is 54.5. The van der Waals surface area contributed by atoms with E-state index in [-0.39, 0.29) is 31.6 Å². The average Bonchev–Trinajstić information content (AvgIpc) is 0.798. The molecule has 1 amide bonds. The number of hydrogen-bond acceptors (Lipinski definition) is 22. The SMILES string of the molecule is CCC(O)C(O)C(O)Cn1c(=O)c(C(=O)O)nc2cc(C)c(N(C)C)cc21.CCC(OC(C)=O)C(C)C(Cn1c(=O)c(C(=O)O)nc2cc(C)c(N(C)C)cc21)OC(C)=O.CCC(OC(C)=O)C(C)C(Cn1c(=O)c(C(N)=O)nc2cc(C)c(C)cc21)OC(C)=O. The fourth-order valence-corrected chi connectivity index (χ4v) is 10.4. The normalized spacial score (nSPS) is 14.2. The number of aliphatic hydroxyl groups is 3. The van der Waals surface area contributed by atoms with Crippen LogP contribution < -0.4 is 32.2 Å². The van der Waals surface area contributed by atoms with Crippen molar-refractivity contribution in [2.24, 2.45) is 17.6 Å². The molecule has 0 spiro atoms. The van der Waals surface area contributed by atoms with Crippen molar-refractivity contribution in [3.05, 3.63) is 107 Å². The Hall–Kier alpha value is -9.15. The number of ether oxygens (including phenoxy) is 4. The van der Waals surface area contributed by atoms with Gasteiger partial charge in [-0.2, -0.15) is 0 Å². The predicted octanol–water partition coefficient (Wildman–Crippen LogP) is 4.36. The number of primary amides is 1. The van der Waals surface area contributed by atoms with Crippen LogP contribution in [0.5, 0.6) is 0 Å². The molecule has 0 aliphatic heterocycles. The van der Waals surface area contributed by atoms with Gasteiger partial charge in [-0.05, 0) is 106 Å². The van der Waals surface area contributed by atoms with Gasteiger partial charge in [0.2, 0.25) is 11.4 Å². The maximum absolute atomic E-state index is 13.1. The molecule has 91 heavy (non-hydrogen) atoms. The summed E-state index contributed by atoms with van der Waals surface area (Å²) in [6.45, 7) is 20.9. The summed E-state index contributed by atoms with van der Waals surface area (Å²) in [4.78, 5) is 136. The van der Waals surface area contributed by atoms with Gasteiger partial charge in [0, 0.05) is 79.1 Å². The number of carboxylic acid groups (broad SMARTS) is 2. The van der Waals surface area contributed by atoms with Crippen molar-refractivity contribution in [2.75, 3.05) is 38.0 Å². The van der Waals surface area contributed by atoms with Crippen LogP contribution in [0.25, 0.3) is 33.1 Å². The van der Waals surface area contributed by atoms with E-state index in [0.717, 1.165) is 38.2 Å². The maximum Gasteiger partial charge on any atom is 0.360 e. The van der Waals surface area contributed by atoms with Gasteiger partial charge in [-0.15, -0.1) is 0 Å². The smallest absolute Gasteiger partial charge is 0.360 e. The highest BCUT2D eigenvalue weighted by molar-refractivity contribution is 5.93. The standard InChI is InChI=1S/C23H31N3O7.C22H29N3O6.C18H25N3O6/c1-8-19(32-14(4)27)13(3)20(33-15(5)28)11-26-18-10-17(25(6)7)12(2)9-16(18)24-21(22(26)29)23(30)31;1-7-18(30-14(5)26)13(4)19(31-15(6)27)10-25-17-9-12(3)11(2)8-16(17)24-20(21(23)28)22(25)29;1-5-13(22)16(24)14(23)8-21-12-7-11(20(3)4)9(2)6-10(12)19-15(17(21)25)18(26)27/h9-10,13,19-20H,8,11H2,1-7H3,(H,30,31);8-9,13,18-19H,7,10H2,1-6H3,(H2,23,28);6-7,13-14,16,22-24H,5,8H2,1-4H3,(H,26,27). The van der Waals surface area contributed by atoms with E-state index in [9.17, 15) is 73.5 Å². The molecule has 3 heterocycles. The molecular weight excluding hydrogens is 1190 g/mol. The molecule has 6 rings (SSSR count). The molecule has 3 aromatic carbocycles. The van der Waals surface area contributed by atoms with E-state index in [1.807, 2.05) is 79.5 Å². The number of carbonyl (C=O) groups excluding carboxylic acids is 5. The van der Waals surface area contributed by atoms with Crippen molar-refractivity contribution in [3.63, 3.8) is 0 Å². The summed E-state index contributed by atoms with van der Waals surface area (Å²) in [6, 6.07) is 10.4. The number of aliphatic hydroxyl groups excluding tert-OH is 3. The summed E-state index contributed by atoms with van der Waals surface area (Å²) in [5.74, 6) is -6.79. The Labute approximate surface area is 525 Å². The van der Waals surface area contributed by atoms with E-state index in [2.05, 4.69) is 15.0 Å². The number of amides is 1. The van der Waals surface area contributed by atoms with Crippen LogP contribution >= 0.6 is 0 Å². The van der Waals surface area contributed by atoms with E-state index in [0.29, 0.717) is 40.4 Å². The number of nitrogens with zero attached hydrogens (tertiary/aromatic N) is 8. The van der Waals surface area contributed by atoms with Gasteiger partial charge in [-0.25, -0.2) is 24.5 Å². The molecule has 28 nitrogen and oxygen atoms in total. The van der Waals surface area contributed by atoms with Crippen LogP contribution in [0.1, 0.15) is 135 Å². The highest BCUT2D eigenvalue weighted by Gasteiger charge is 2.34. The number of rotatable bonds is 24. The molecule has 28 heteroatoms. The lowest BCUT2D eigenvalue weighted by atomic mass is 9.95. The summed E-state index contributed by atoms with van der Waals surface area (Å²) >= 11 is 0. The Morgan fingerprint density at radius 2 is 0.780 bits per heavy atom. The second-order valence-electron chi connectivity index (χ2n) is 22.7. The van der Waals surface area contributed by atoms with Crippen molar-refractivity contribution < 1.29 is 78.0 Å². The second kappa shape index (κ2) is 32.0. The first-order chi connectivity index (χ1) is 42.4. The number of aromatic nitrogens is 6. The number of carbonyl (C=O) groups is 7. The van der Waals surface area contributed by atoms with Gasteiger partial charge in [0.15, 0.2) is 5.69 Å². The van der Waals surface area contributed by atoms with Gasteiger partial charge in [0.25, 0.3) is 22.6 Å². The Kier molecular flexibility index (Phi) is 26.2. The molecule has 0 aliphatic rings. The first-order valence-electron chi connectivity index (χ1n) is 29.4. The summed E-state index contributed by atoms with van der Waals surface area (Å²) in [6.07, 6.45) is -5.67. The molecule has 0 saturated heterocycles. The lowest BCUT2D eigenvalue weighted by Crippen LogP contribution is -2.42. The zero-order chi connectivity index (χ0) is 69.0. The minimum absolute atomic E-state index is 0.0564. The highest BCUT2D eigenvalue weighted by atomic mass is 16.6. The van der Waals surface area contributed by atoms with E-state index >= 15 is 0 Å². The van der Waals surface area contributed by atoms with Crippen molar-refractivity contribution >= 4 is 86.2 Å². The van der Waals surface area contributed by atoms with Crippen LogP contribution in [0.15, 0.2) is 50.8 Å². The minimum atomic E-state index is -1.48. The van der Waals surface area contributed by atoms with Gasteiger partial charge >= 0.3 is 35.8 Å². The van der Waals surface area contributed by atoms with Crippen LogP contribution in [-0.2, 0) is 57.8 Å². The molecule has 496 valence electrons. The Bertz CT molecular complexity index is 3890. The molecule has 0 radical (unpaired) electrons. The predicted molar refractivity (Wildman–Crippen MR) is 337 cm³/mol. The number of anilines is 2. The average molecular weight is 1270 g/mol. The third-order valence-corrected chi connectivity index (χ3v) is 15.4. The number of fused-ring (bicyclic) bond motifs is 3. The Morgan fingerprint density at radius 3 is 1.10 bits per heavy atom. The number of nitrogens with two attached hydrogens (primary N) is 1. The summed E-state index contributed by atoms with van der Waals surface area (Å²) in [5.41, 5.74) is 8.77. The lowest BCUT2D eigenvalue weighted by molar-refractivity contribution is -0.161. The molecule has 6 aromatic rings. The third kappa shape index (κ3) is 18.5. The third-order valence-electron chi connectivity index (χ3n) is 15.4. The zero-order valence-corrected chi connectivity index (χ0v) is 54.5. The summed E-state index contributed by atoms with van der Waals surface area (Å²) in [7, 11) is 7.35. The molecular formula is C63H85N9O19. The molecule has 3 aromatic heterocycles. The largest absolute Gasteiger partial charge is 0.476 e. The maximum atomic E-state index is 13.1. The van der Waals surface area contributed by atoms with Gasteiger partial charge in [0.1, 0.15) is 36.6 Å². The second-order valence-corrected chi connectivity index (χ2v) is 22.7. The molecule has 9 atom stereocenters. The highest BCUT2D eigenvalue weighted by Crippen LogP contribution is 2.29. The van der Waals surface area contributed by atoms with E-state index in [1.165, 1.54) is 36.8 Å². The number of esters is 4. The number of hydrogen-bond donors (Lipinski definition) is 6. The molecule has 9 unspecified atom stereocenters. The first kappa shape index (κ1) is 74.3. The van der Waals surface area contributed by atoms with E-state index < -0.39 is 130 Å². The van der Waals surface area contributed by atoms with Gasteiger partial charge < -0.3 is 73.7 Å². The van der Waals surface area contributed by atoms with Crippen LogP contribution in [0.4, 0.5) is 11.4 Å². The molecule has 7 N–H and O–H groups in total. The van der Waals surface area contributed by atoms with Crippen molar-refractivity contribution in [1.82, 2.24) is 28.7 Å². The van der Waals surface area contributed by atoms with Crippen LogP contribution in [0.2, 0.25) is 0 Å². The number of aromatic carboxylic acids is 2. The van der Waals surface area contributed by atoms with Crippen LogP contribution in [-0.4, -0.2) is 167 Å². The van der Waals surface area contributed by atoms with E-state index in [1.54, 1.807) is 57.2 Å². The fourth-order valence-electron chi connectivity index (χ4n) is 10.4. The van der Waals surface area contributed by atoms with Gasteiger partial charge in [0.05, 0.1) is 58.8 Å². The van der Waals surface area contributed by atoms with E-state index in [4.69, 9.17) is 24.7 Å².